The van der Waals surface area contributed by atoms with Crippen LogP contribution in [-0.4, -0.2) is 59.9 Å². The number of pyridine rings is 2. The van der Waals surface area contributed by atoms with Crippen LogP contribution in [0.15, 0.2) is 35.4 Å². The van der Waals surface area contributed by atoms with Gasteiger partial charge in [-0.1, -0.05) is 6.07 Å². The predicted molar refractivity (Wildman–Crippen MR) is 102 cm³/mol. The molecule has 0 aromatic carbocycles. The standard InChI is InChI=1S/C19H18N6O5/c1-10-9-30-14-8-23-7-11(16(26)17(27)15(23)19(29)25(10)14)18(28)20-6-13-22-21-12-4-2-3-5-24(12)13/h2-5,7,10,14,27H,6,8-9H2,1H3,(H,20,28)/t10-,14+/m0/s1. The van der Waals surface area contributed by atoms with Crippen LogP contribution in [0.4, 0.5) is 0 Å². The van der Waals surface area contributed by atoms with Gasteiger partial charge in [-0.3, -0.25) is 18.8 Å². The number of amides is 2. The van der Waals surface area contributed by atoms with E-state index in [1.54, 1.807) is 16.7 Å². The highest BCUT2D eigenvalue weighted by Gasteiger charge is 2.42. The van der Waals surface area contributed by atoms with Crippen LogP contribution in [0.25, 0.3) is 5.65 Å². The summed E-state index contributed by atoms with van der Waals surface area (Å²) in [5.74, 6) is -1.43. The Balaban J connectivity index is 1.44. The van der Waals surface area contributed by atoms with Gasteiger partial charge in [-0.2, -0.15) is 0 Å². The summed E-state index contributed by atoms with van der Waals surface area (Å²) in [5.41, 5.74) is -0.669. The molecule has 3 aromatic heterocycles. The maximum absolute atomic E-state index is 12.8. The summed E-state index contributed by atoms with van der Waals surface area (Å²) >= 11 is 0. The number of rotatable bonds is 3. The quantitative estimate of drug-likeness (QED) is 0.607. The molecule has 0 radical (unpaired) electrons. The van der Waals surface area contributed by atoms with Crippen LogP contribution in [-0.2, 0) is 17.8 Å². The topological polar surface area (TPSA) is 131 Å². The molecule has 0 saturated carbocycles. The lowest BCUT2D eigenvalue weighted by Gasteiger charge is -2.33. The van der Waals surface area contributed by atoms with Crippen LogP contribution in [0.5, 0.6) is 5.75 Å². The van der Waals surface area contributed by atoms with E-state index in [-0.39, 0.29) is 30.4 Å². The van der Waals surface area contributed by atoms with E-state index in [9.17, 15) is 19.5 Å². The maximum Gasteiger partial charge on any atom is 0.276 e. The van der Waals surface area contributed by atoms with Gasteiger partial charge in [-0.15, -0.1) is 10.2 Å². The van der Waals surface area contributed by atoms with Gasteiger partial charge in [-0.05, 0) is 19.1 Å². The molecule has 11 nitrogen and oxygen atoms in total. The van der Waals surface area contributed by atoms with Gasteiger partial charge in [0.15, 0.2) is 29.1 Å². The van der Waals surface area contributed by atoms with Crippen molar-refractivity contribution in [2.24, 2.45) is 0 Å². The van der Waals surface area contributed by atoms with E-state index in [2.05, 4.69) is 15.5 Å². The summed E-state index contributed by atoms with van der Waals surface area (Å²) in [6, 6.07) is 5.24. The number of carbonyl (C=O) groups excluding carboxylic acids is 2. The number of ether oxygens (including phenoxy) is 1. The van der Waals surface area contributed by atoms with Gasteiger partial charge in [0.05, 0.1) is 25.7 Å². The summed E-state index contributed by atoms with van der Waals surface area (Å²) < 4.78 is 8.72. The van der Waals surface area contributed by atoms with E-state index in [0.717, 1.165) is 0 Å². The molecule has 1 fully saturated rings. The molecule has 0 spiro atoms. The summed E-state index contributed by atoms with van der Waals surface area (Å²) in [7, 11) is 0. The van der Waals surface area contributed by atoms with E-state index in [4.69, 9.17) is 4.74 Å². The minimum Gasteiger partial charge on any atom is -0.503 e. The molecule has 0 aliphatic carbocycles. The van der Waals surface area contributed by atoms with Crippen molar-refractivity contribution in [3.8, 4) is 5.75 Å². The molecule has 2 N–H and O–H groups in total. The van der Waals surface area contributed by atoms with Gasteiger partial charge in [0.25, 0.3) is 11.8 Å². The molecule has 0 bridgehead atoms. The molecular weight excluding hydrogens is 392 g/mol. The fraction of sp³-hybridized carbons (Fsp3) is 0.316. The highest BCUT2D eigenvalue weighted by atomic mass is 16.5. The van der Waals surface area contributed by atoms with Crippen molar-refractivity contribution < 1.29 is 19.4 Å². The van der Waals surface area contributed by atoms with Crippen molar-refractivity contribution in [1.29, 1.82) is 0 Å². The normalized spacial score (nSPS) is 20.3. The van der Waals surface area contributed by atoms with Crippen LogP contribution in [0, 0.1) is 0 Å². The van der Waals surface area contributed by atoms with Crippen LogP contribution in [0.1, 0.15) is 33.6 Å². The number of carbonyl (C=O) groups is 2. The van der Waals surface area contributed by atoms with Gasteiger partial charge < -0.3 is 24.6 Å². The second-order valence-corrected chi connectivity index (χ2v) is 7.30. The molecule has 5 rings (SSSR count). The van der Waals surface area contributed by atoms with Gasteiger partial charge in [-0.25, -0.2) is 0 Å². The summed E-state index contributed by atoms with van der Waals surface area (Å²) in [5, 5.41) is 21.1. The zero-order valence-electron chi connectivity index (χ0n) is 16.0. The summed E-state index contributed by atoms with van der Waals surface area (Å²) in [6.07, 6.45) is 2.55. The highest BCUT2D eigenvalue weighted by Crippen LogP contribution is 2.29. The Kier molecular flexibility index (Phi) is 4.07. The Morgan fingerprint density at radius 2 is 2.17 bits per heavy atom. The first-order valence-corrected chi connectivity index (χ1v) is 9.43. The number of hydrogen-bond acceptors (Lipinski definition) is 7. The van der Waals surface area contributed by atoms with E-state index in [0.29, 0.717) is 18.1 Å². The van der Waals surface area contributed by atoms with E-state index >= 15 is 0 Å². The second-order valence-electron chi connectivity index (χ2n) is 7.30. The molecule has 3 aromatic rings. The van der Waals surface area contributed by atoms with Crippen molar-refractivity contribution >= 4 is 17.5 Å². The molecule has 2 aliphatic rings. The largest absolute Gasteiger partial charge is 0.503 e. The highest BCUT2D eigenvalue weighted by molar-refractivity contribution is 5.99. The molecule has 2 aliphatic heterocycles. The van der Waals surface area contributed by atoms with Crippen molar-refractivity contribution in [2.45, 2.75) is 32.3 Å². The van der Waals surface area contributed by atoms with E-state index in [1.807, 2.05) is 19.1 Å². The lowest BCUT2D eigenvalue weighted by atomic mass is 10.1. The first kappa shape index (κ1) is 18.3. The van der Waals surface area contributed by atoms with Crippen LogP contribution in [0.2, 0.25) is 0 Å². The smallest absolute Gasteiger partial charge is 0.276 e. The third kappa shape index (κ3) is 2.66. The number of aromatic hydroxyl groups is 1. The number of nitrogens with one attached hydrogen (secondary N) is 1. The van der Waals surface area contributed by atoms with Crippen molar-refractivity contribution in [3.63, 3.8) is 0 Å². The number of nitrogens with zero attached hydrogens (tertiary/aromatic N) is 5. The van der Waals surface area contributed by atoms with Gasteiger partial charge in [0.1, 0.15) is 5.56 Å². The molecule has 30 heavy (non-hydrogen) atoms. The van der Waals surface area contributed by atoms with Crippen LogP contribution < -0.4 is 10.7 Å². The summed E-state index contributed by atoms with van der Waals surface area (Å²) in [4.78, 5) is 39.6. The average molecular weight is 410 g/mol. The minimum absolute atomic E-state index is 0.0297. The lowest BCUT2D eigenvalue weighted by molar-refractivity contribution is 0.00624. The van der Waals surface area contributed by atoms with Crippen molar-refractivity contribution in [3.05, 3.63) is 57.9 Å². The first-order chi connectivity index (χ1) is 14.5. The first-order valence-electron chi connectivity index (χ1n) is 9.43. The molecule has 2 atom stereocenters. The molecule has 11 heteroatoms. The van der Waals surface area contributed by atoms with E-state index < -0.39 is 29.2 Å². The molecule has 1 saturated heterocycles. The Hall–Kier alpha value is -3.73. The van der Waals surface area contributed by atoms with Gasteiger partial charge >= 0.3 is 0 Å². The zero-order valence-corrected chi connectivity index (χ0v) is 16.0. The fourth-order valence-corrected chi connectivity index (χ4v) is 3.90. The maximum atomic E-state index is 12.8. The fourth-order valence-electron chi connectivity index (χ4n) is 3.90. The third-order valence-electron chi connectivity index (χ3n) is 5.40. The van der Waals surface area contributed by atoms with E-state index in [1.165, 1.54) is 15.7 Å². The molecular formula is C19H18N6O5. The SMILES string of the molecule is C[C@H]1CO[C@@H]2Cn3cc(C(=O)NCc4nnc5ccccn45)c(=O)c(O)c3C(=O)N12. The Labute approximate surface area is 169 Å². The zero-order chi connectivity index (χ0) is 21.0. The number of hydrogen-bond donors (Lipinski definition) is 2. The third-order valence-corrected chi connectivity index (χ3v) is 5.40. The monoisotopic (exact) mass is 410 g/mol. The Morgan fingerprint density at radius 3 is 3.00 bits per heavy atom. The molecule has 0 unspecified atom stereocenters. The molecule has 2 amide bonds. The van der Waals surface area contributed by atoms with Gasteiger partial charge in [0.2, 0.25) is 5.43 Å². The predicted octanol–water partition coefficient (Wildman–Crippen LogP) is -0.273. The molecule has 5 heterocycles. The summed E-state index contributed by atoms with van der Waals surface area (Å²) in [6.45, 7) is 2.45. The van der Waals surface area contributed by atoms with Crippen LogP contribution in [0.3, 0.4) is 0 Å². The van der Waals surface area contributed by atoms with Crippen molar-refractivity contribution in [2.75, 3.05) is 6.61 Å². The number of fused-ring (bicyclic) bond motifs is 3. The molecule has 154 valence electrons. The number of aromatic nitrogens is 4. The Morgan fingerprint density at radius 1 is 1.33 bits per heavy atom. The average Bonchev–Trinajstić information content (AvgIpc) is 3.32. The van der Waals surface area contributed by atoms with Gasteiger partial charge in [0, 0.05) is 12.4 Å². The lowest BCUT2D eigenvalue weighted by Crippen LogP contribution is -2.49. The minimum atomic E-state index is -0.899. The second kappa shape index (κ2) is 6.66. The van der Waals surface area contributed by atoms with Crippen LogP contribution >= 0.6 is 0 Å². The van der Waals surface area contributed by atoms with Crippen molar-refractivity contribution in [1.82, 2.24) is 29.4 Å². The Bertz CT molecular complexity index is 1250.